The monoisotopic (exact) mass is 464 g/mol. The largest absolute Gasteiger partial charge is 0.341 e. The minimum absolute atomic E-state index is 0.134. The Bertz CT molecular complexity index is 1320. The standard InChI is InChI=1S/C24H18F2N4O2S/c25-16-8-4-9-17(26)20(16)27-23(33)28-12-14-11-19(28)21-22(31)30(24(32)29(14)21)18-10-3-6-13-5-1-2-7-15(13)18/h1-10,14,19,21H,11-12H2,(H,27,33)/t14-,19?,21-/m1/s1. The van der Waals surface area contributed by atoms with E-state index >= 15 is 0 Å². The Hall–Kier alpha value is -3.59. The lowest BCUT2D eigenvalue weighted by Gasteiger charge is -2.36. The molecule has 3 saturated heterocycles. The van der Waals surface area contributed by atoms with Crippen LogP contribution >= 0.6 is 12.2 Å². The summed E-state index contributed by atoms with van der Waals surface area (Å²) >= 11 is 5.45. The normalized spacial score (nSPS) is 23.6. The van der Waals surface area contributed by atoms with Crippen LogP contribution in [0, 0.1) is 11.6 Å². The SMILES string of the molecule is O=C1[C@H]2C3C[C@H](CN3C(=S)Nc3c(F)cccc3F)N2C(=O)N1c1cccc2ccccc12. The highest BCUT2D eigenvalue weighted by Gasteiger charge is 2.62. The summed E-state index contributed by atoms with van der Waals surface area (Å²) in [5.74, 6) is -1.82. The number of fused-ring (bicyclic) bond motifs is 6. The maximum absolute atomic E-state index is 14.1. The second kappa shape index (κ2) is 7.21. The summed E-state index contributed by atoms with van der Waals surface area (Å²) in [5.41, 5.74) is 0.228. The van der Waals surface area contributed by atoms with Crippen molar-refractivity contribution < 1.29 is 18.4 Å². The van der Waals surface area contributed by atoms with Crippen molar-refractivity contribution in [2.45, 2.75) is 24.5 Å². The molecular formula is C24H18F2N4O2S. The van der Waals surface area contributed by atoms with E-state index in [2.05, 4.69) is 5.32 Å². The zero-order valence-electron chi connectivity index (χ0n) is 17.2. The van der Waals surface area contributed by atoms with E-state index in [1.165, 1.54) is 11.0 Å². The third-order valence-electron chi connectivity index (χ3n) is 6.73. The highest BCUT2D eigenvalue weighted by molar-refractivity contribution is 7.80. The van der Waals surface area contributed by atoms with E-state index in [1.54, 1.807) is 15.9 Å². The van der Waals surface area contributed by atoms with E-state index in [9.17, 15) is 18.4 Å². The number of nitrogens with zero attached hydrogens (tertiary/aromatic N) is 3. The Morgan fingerprint density at radius 2 is 1.67 bits per heavy atom. The molecule has 0 saturated carbocycles. The second-order valence-corrected chi connectivity index (χ2v) is 8.83. The van der Waals surface area contributed by atoms with Crippen LogP contribution in [0.1, 0.15) is 6.42 Å². The number of thiocarbonyl (C=S) groups is 1. The van der Waals surface area contributed by atoms with Crippen LogP contribution in [0.4, 0.5) is 25.0 Å². The molecule has 9 heteroatoms. The number of rotatable bonds is 2. The molecule has 0 radical (unpaired) electrons. The van der Waals surface area contributed by atoms with Gasteiger partial charge in [-0.1, -0.05) is 42.5 Å². The molecule has 0 spiro atoms. The first-order chi connectivity index (χ1) is 16.0. The number of amides is 3. The lowest BCUT2D eigenvalue weighted by Crippen LogP contribution is -2.55. The summed E-state index contributed by atoms with van der Waals surface area (Å²) in [6.45, 7) is 0.394. The van der Waals surface area contributed by atoms with Gasteiger partial charge in [-0.05, 0) is 42.2 Å². The summed E-state index contributed by atoms with van der Waals surface area (Å²) in [4.78, 5) is 31.5. The number of imide groups is 1. The third kappa shape index (κ3) is 2.85. The van der Waals surface area contributed by atoms with Gasteiger partial charge in [0.05, 0.1) is 17.8 Å². The number of carbonyl (C=O) groups is 2. The number of anilines is 2. The smallest absolute Gasteiger partial charge is 0.332 e. The van der Waals surface area contributed by atoms with Crippen molar-refractivity contribution in [3.63, 3.8) is 0 Å². The van der Waals surface area contributed by atoms with Gasteiger partial charge in [-0.25, -0.2) is 18.5 Å². The van der Waals surface area contributed by atoms with Gasteiger partial charge in [-0.2, -0.15) is 0 Å². The minimum Gasteiger partial charge on any atom is -0.341 e. The predicted molar refractivity (Wildman–Crippen MR) is 124 cm³/mol. The molecule has 3 aliphatic heterocycles. The predicted octanol–water partition coefficient (Wildman–Crippen LogP) is 4.11. The van der Waals surface area contributed by atoms with E-state index in [-0.39, 0.29) is 34.8 Å². The summed E-state index contributed by atoms with van der Waals surface area (Å²) in [6, 6.07) is 15.1. The molecular weight excluding hydrogens is 446 g/mol. The zero-order chi connectivity index (χ0) is 22.9. The van der Waals surface area contributed by atoms with Crippen LogP contribution in [0.2, 0.25) is 0 Å². The number of nitrogens with one attached hydrogen (secondary N) is 1. The van der Waals surface area contributed by atoms with Crippen molar-refractivity contribution in [3.8, 4) is 0 Å². The fraction of sp³-hybridized carbons (Fsp3) is 0.208. The van der Waals surface area contributed by atoms with Crippen LogP contribution in [0.15, 0.2) is 60.7 Å². The zero-order valence-corrected chi connectivity index (χ0v) is 18.1. The van der Waals surface area contributed by atoms with Crippen molar-refractivity contribution in [1.29, 1.82) is 0 Å². The number of likely N-dealkylation sites (tertiary alicyclic amines) is 1. The van der Waals surface area contributed by atoms with Gasteiger partial charge in [-0.15, -0.1) is 0 Å². The molecule has 6 nitrogen and oxygen atoms in total. The van der Waals surface area contributed by atoms with E-state index in [0.29, 0.717) is 18.7 Å². The van der Waals surface area contributed by atoms with Gasteiger partial charge in [-0.3, -0.25) is 4.79 Å². The van der Waals surface area contributed by atoms with Crippen molar-refractivity contribution in [2.24, 2.45) is 0 Å². The molecule has 3 fully saturated rings. The van der Waals surface area contributed by atoms with Gasteiger partial charge >= 0.3 is 6.03 Å². The topological polar surface area (TPSA) is 55.9 Å². The van der Waals surface area contributed by atoms with Crippen LogP contribution in [0.3, 0.4) is 0 Å². The van der Waals surface area contributed by atoms with Gasteiger partial charge < -0.3 is 15.1 Å². The first kappa shape index (κ1) is 20.0. The van der Waals surface area contributed by atoms with Crippen molar-refractivity contribution in [2.75, 3.05) is 16.8 Å². The second-order valence-electron chi connectivity index (χ2n) is 8.44. The average Bonchev–Trinajstić information content (AvgIpc) is 3.47. The molecule has 3 heterocycles. The van der Waals surface area contributed by atoms with Crippen LogP contribution < -0.4 is 10.2 Å². The first-order valence-electron chi connectivity index (χ1n) is 10.6. The number of piperazine rings is 1. The van der Waals surface area contributed by atoms with Crippen molar-refractivity contribution in [1.82, 2.24) is 9.80 Å². The fourth-order valence-corrected chi connectivity index (χ4v) is 5.62. The molecule has 3 atom stereocenters. The summed E-state index contributed by atoms with van der Waals surface area (Å²) in [7, 11) is 0. The minimum atomic E-state index is -0.752. The summed E-state index contributed by atoms with van der Waals surface area (Å²) < 4.78 is 28.2. The molecule has 3 aromatic carbocycles. The number of halogens is 2. The Morgan fingerprint density at radius 1 is 0.970 bits per heavy atom. The van der Waals surface area contributed by atoms with E-state index in [0.717, 1.165) is 22.9 Å². The molecule has 3 aliphatic rings. The molecule has 2 bridgehead atoms. The highest BCUT2D eigenvalue weighted by atomic mass is 32.1. The van der Waals surface area contributed by atoms with Crippen molar-refractivity contribution in [3.05, 3.63) is 72.3 Å². The molecule has 166 valence electrons. The van der Waals surface area contributed by atoms with Crippen LogP contribution in [0.5, 0.6) is 0 Å². The maximum Gasteiger partial charge on any atom is 0.332 e. The molecule has 3 aromatic rings. The number of urea groups is 1. The summed E-state index contributed by atoms with van der Waals surface area (Å²) in [6.07, 6.45) is 0.576. The van der Waals surface area contributed by atoms with Crippen LogP contribution in [0.25, 0.3) is 10.8 Å². The molecule has 0 aliphatic carbocycles. The lowest BCUT2D eigenvalue weighted by molar-refractivity contribution is -0.120. The van der Waals surface area contributed by atoms with E-state index in [4.69, 9.17) is 12.2 Å². The van der Waals surface area contributed by atoms with Gasteiger partial charge in [0.2, 0.25) is 0 Å². The third-order valence-corrected chi connectivity index (χ3v) is 7.06. The van der Waals surface area contributed by atoms with Gasteiger partial charge in [0.25, 0.3) is 5.91 Å². The van der Waals surface area contributed by atoms with Gasteiger partial charge in [0.15, 0.2) is 5.11 Å². The van der Waals surface area contributed by atoms with Gasteiger partial charge in [0.1, 0.15) is 23.4 Å². The lowest BCUT2D eigenvalue weighted by atomic mass is 10.1. The Morgan fingerprint density at radius 3 is 2.45 bits per heavy atom. The summed E-state index contributed by atoms with van der Waals surface area (Å²) in [5, 5.41) is 4.55. The molecule has 1 N–H and O–H groups in total. The Kier molecular flexibility index (Phi) is 4.38. The number of hydrogen-bond donors (Lipinski definition) is 1. The van der Waals surface area contributed by atoms with Gasteiger partial charge in [0, 0.05) is 11.9 Å². The quantitative estimate of drug-likeness (QED) is 0.457. The fourth-order valence-electron chi connectivity index (χ4n) is 5.31. The van der Waals surface area contributed by atoms with Crippen LogP contribution in [-0.2, 0) is 4.79 Å². The number of carbonyl (C=O) groups excluding carboxylic acids is 2. The highest BCUT2D eigenvalue weighted by Crippen LogP contribution is 2.43. The Labute approximate surface area is 193 Å². The Balaban J connectivity index is 1.30. The van der Waals surface area contributed by atoms with Crippen molar-refractivity contribution >= 4 is 51.4 Å². The van der Waals surface area contributed by atoms with Crippen LogP contribution in [-0.4, -0.2) is 51.5 Å². The van der Waals surface area contributed by atoms with E-state index < -0.39 is 17.7 Å². The molecule has 0 aromatic heterocycles. The maximum atomic E-state index is 14.1. The average molecular weight is 464 g/mol. The first-order valence-corrected chi connectivity index (χ1v) is 11.0. The number of benzene rings is 3. The number of para-hydroxylation sites is 1. The molecule has 6 rings (SSSR count). The molecule has 33 heavy (non-hydrogen) atoms. The van der Waals surface area contributed by atoms with E-state index in [1.807, 2.05) is 36.4 Å². The molecule has 1 unspecified atom stereocenters. The number of hydrogen-bond acceptors (Lipinski definition) is 3. The molecule has 3 amide bonds.